The number of ether oxygens (including phenoxy) is 1. The Morgan fingerprint density at radius 3 is 2.20 bits per heavy atom. The van der Waals surface area contributed by atoms with Gasteiger partial charge in [0.15, 0.2) is 11.9 Å². The second-order valence-corrected chi connectivity index (χ2v) is 8.96. The summed E-state index contributed by atoms with van der Waals surface area (Å²) in [6.45, 7) is 1.54. The molecule has 4 rings (SSSR count). The number of halogens is 3. The number of carbonyl (C=O) groups is 2. The van der Waals surface area contributed by atoms with Crippen molar-refractivity contribution in [2.24, 2.45) is 0 Å². The zero-order chi connectivity index (χ0) is 28.7. The van der Waals surface area contributed by atoms with Crippen molar-refractivity contribution in [3.05, 3.63) is 107 Å². The van der Waals surface area contributed by atoms with Crippen LogP contribution in [-0.2, 0) is 17.8 Å². The largest absolute Gasteiger partial charge is 0.573 e. The first kappa shape index (κ1) is 28.4. The van der Waals surface area contributed by atoms with Gasteiger partial charge in [0.2, 0.25) is 0 Å². The van der Waals surface area contributed by atoms with E-state index in [0.717, 1.165) is 17.7 Å². The van der Waals surface area contributed by atoms with Gasteiger partial charge in [-0.05, 0) is 36.6 Å². The predicted octanol–water partition coefficient (Wildman–Crippen LogP) is 4.57. The Balaban J connectivity index is 1.48. The van der Waals surface area contributed by atoms with Gasteiger partial charge in [0.1, 0.15) is 11.3 Å². The number of nitrogens with one attached hydrogen (secondary N) is 2. The lowest BCUT2D eigenvalue weighted by Gasteiger charge is -2.24. The molecule has 0 aliphatic carbocycles. The molecule has 0 saturated heterocycles. The number of benzene rings is 3. The molecule has 2 amide bonds. The van der Waals surface area contributed by atoms with Gasteiger partial charge in [0.25, 0.3) is 11.8 Å². The van der Waals surface area contributed by atoms with Gasteiger partial charge < -0.3 is 25.0 Å². The molecular formula is C29H26F3N3O5. The molecule has 2 atom stereocenters. The van der Waals surface area contributed by atoms with Crippen molar-refractivity contribution in [1.82, 2.24) is 15.8 Å². The molecule has 0 saturated carbocycles. The van der Waals surface area contributed by atoms with E-state index in [2.05, 4.69) is 20.5 Å². The number of amides is 2. The first-order valence-electron chi connectivity index (χ1n) is 12.3. The molecule has 0 aliphatic rings. The van der Waals surface area contributed by atoms with Gasteiger partial charge in [-0.3, -0.25) is 9.59 Å². The van der Waals surface area contributed by atoms with Crippen molar-refractivity contribution < 1.29 is 37.1 Å². The first-order valence-corrected chi connectivity index (χ1v) is 12.3. The maximum atomic E-state index is 13.4. The van der Waals surface area contributed by atoms with Crippen molar-refractivity contribution in [1.29, 1.82) is 0 Å². The third-order valence-electron chi connectivity index (χ3n) is 6.01. The van der Waals surface area contributed by atoms with Crippen molar-refractivity contribution in [3.63, 3.8) is 0 Å². The molecule has 11 heteroatoms. The van der Waals surface area contributed by atoms with E-state index in [-0.39, 0.29) is 24.3 Å². The molecule has 1 unspecified atom stereocenters. The number of carbonyl (C=O) groups excluding carboxylic acids is 2. The van der Waals surface area contributed by atoms with E-state index in [1.165, 1.54) is 12.1 Å². The first-order chi connectivity index (χ1) is 19.1. The highest BCUT2D eigenvalue weighted by Crippen LogP contribution is 2.26. The molecular weight excluding hydrogens is 527 g/mol. The van der Waals surface area contributed by atoms with E-state index in [1.807, 2.05) is 12.1 Å². The Labute approximate surface area is 227 Å². The lowest BCUT2D eigenvalue weighted by molar-refractivity contribution is -0.274. The fourth-order valence-corrected chi connectivity index (χ4v) is 4.06. The maximum absolute atomic E-state index is 13.4. The number of rotatable bonds is 10. The van der Waals surface area contributed by atoms with E-state index in [9.17, 15) is 27.9 Å². The highest BCUT2D eigenvalue weighted by atomic mass is 19.4. The smallest absolute Gasteiger partial charge is 0.406 e. The lowest BCUT2D eigenvalue weighted by atomic mass is 9.99. The molecule has 40 heavy (non-hydrogen) atoms. The summed E-state index contributed by atoms with van der Waals surface area (Å²) in [5, 5.41) is 20.2. The summed E-state index contributed by atoms with van der Waals surface area (Å²) in [5.41, 5.74) is 2.40. The summed E-state index contributed by atoms with van der Waals surface area (Å²) in [4.78, 5) is 26.3. The summed E-state index contributed by atoms with van der Waals surface area (Å²) >= 11 is 0. The van der Waals surface area contributed by atoms with Crippen LogP contribution in [0.1, 0.15) is 27.2 Å². The number of hydrogen-bond acceptors (Lipinski definition) is 6. The van der Waals surface area contributed by atoms with Gasteiger partial charge in [-0.1, -0.05) is 78.0 Å². The number of alkyl halides is 3. The van der Waals surface area contributed by atoms with E-state index in [0.29, 0.717) is 16.8 Å². The fraction of sp³-hybridized carbons (Fsp3) is 0.207. The van der Waals surface area contributed by atoms with Crippen LogP contribution in [0.15, 0.2) is 89.5 Å². The molecule has 3 N–H and O–H groups in total. The molecule has 3 aromatic carbocycles. The maximum Gasteiger partial charge on any atom is 0.573 e. The molecule has 1 heterocycles. The Morgan fingerprint density at radius 2 is 1.57 bits per heavy atom. The lowest BCUT2D eigenvalue weighted by Crippen LogP contribution is -2.51. The van der Waals surface area contributed by atoms with E-state index >= 15 is 0 Å². The summed E-state index contributed by atoms with van der Waals surface area (Å²) in [6.07, 6.45) is -6.34. The Morgan fingerprint density at radius 1 is 0.950 bits per heavy atom. The van der Waals surface area contributed by atoms with E-state index < -0.39 is 36.1 Å². The zero-order valence-corrected chi connectivity index (χ0v) is 21.3. The predicted molar refractivity (Wildman–Crippen MR) is 139 cm³/mol. The number of aryl methyl sites for hydroxylation is 1. The molecule has 0 bridgehead atoms. The van der Waals surface area contributed by atoms with Gasteiger partial charge in [-0.2, -0.15) is 0 Å². The quantitative estimate of drug-likeness (QED) is 0.265. The van der Waals surface area contributed by atoms with Gasteiger partial charge >= 0.3 is 6.36 Å². The molecule has 1 aromatic heterocycles. The highest BCUT2D eigenvalue weighted by molar-refractivity contribution is 6.01. The van der Waals surface area contributed by atoms with Crippen LogP contribution in [0, 0.1) is 6.92 Å². The minimum absolute atomic E-state index is 0.0723. The second-order valence-electron chi connectivity index (χ2n) is 8.96. The van der Waals surface area contributed by atoms with Crippen LogP contribution in [0.25, 0.3) is 11.3 Å². The SMILES string of the molecule is Cc1noc(-c2ccccc2)c1C(=O)N[C@@H](Cc1ccccc1)C(O)C(=O)NCc1ccc(OC(F)(F)F)cc1. The molecule has 0 spiro atoms. The van der Waals surface area contributed by atoms with E-state index in [1.54, 1.807) is 55.5 Å². The second kappa shape index (κ2) is 12.5. The van der Waals surface area contributed by atoms with Gasteiger partial charge in [-0.15, -0.1) is 13.2 Å². The summed E-state index contributed by atoms with van der Waals surface area (Å²) in [6, 6.07) is 21.9. The molecule has 0 fully saturated rings. The van der Waals surface area contributed by atoms with Crippen LogP contribution in [0.3, 0.4) is 0 Å². The van der Waals surface area contributed by atoms with Crippen LogP contribution in [0.2, 0.25) is 0 Å². The summed E-state index contributed by atoms with van der Waals surface area (Å²) in [7, 11) is 0. The molecule has 8 nitrogen and oxygen atoms in total. The van der Waals surface area contributed by atoms with Crippen molar-refractivity contribution in [3.8, 4) is 17.1 Å². The van der Waals surface area contributed by atoms with Crippen LogP contribution in [-0.4, -0.2) is 40.6 Å². The van der Waals surface area contributed by atoms with Crippen LogP contribution in [0.4, 0.5) is 13.2 Å². The van der Waals surface area contributed by atoms with Gasteiger partial charge in [0.05, 0.1) is 11.7 Å². The van der Waals surface area contributed by atoms with Crippen molar-refractivity contribution in [2.75, 3.05) is 0 Å². The van der Waals surface area contributed by atoms with Crippen LogP contribution >= 0.6 is 0 Å². The third kappa shape index (κ3) is 7.48. The molecule has 0 aliphatic heterocycles. The highest BCUT2D eigenvalue weighted by Gasteiger charge is 2.32. The number of hydrogen-bond donors (Lipinski definition) is 3. The minimum atomic E-state index is -4.81. The molecule has 208 valence electrons. The normalized spacial score (nSPS) is 12.8. The fourth-order valence-electron chi connectivity index (χ4n) is 4.06. The van der Waals surface area contributed by atoms with Crippen molar-refractivity contribution >= 4 is 11.8 Å². The Hall–Kier alpha value is -4.64. The van der Waals surface area contributed by atoms with E-state index in [4.69, 9.17) is 4.52 Å². The number of aromatic nitrogens is 1. The number of aliphatic hydroxyl groups is 1. The summed E-state index contributed by atoms with van der Waals surface area (Å²) in [5.74, 6) is -1.49. The topological polar surface area (TPSA) is 114 Å². The number of nitrogens with zero attached hydrogens (tertiary/aromatic N) is 1. The van der Waals surface area contributed by atoms with Crippen molar-refractivity contribution in [2.45, 2.75) is 38.4 Å². The minimum Gasteiger partial charge on any atom is -0.406 e. The summed E-state index contributed by atoms with van der Waals surface area (Å²) < 4.78 is 46.4. The molecule has 4 aromatic rings. The van der Waals surface area contributed by atoms with Gasteiger partial charge in [0, 0.05) is 12.1 Å². The zero-order valence-electron chi connectivity index (χ0n) is 21.3. The average molecular weight is 554 g/mol. The van der Waals surface area contributed by atoms with Gasteiger partial charge in [-0.25, -0.2) is 0 Å². The Bertz CT molecular complexity index is 1430. The average Bonchev–Trinajstić information content (AvgIpc) is 3.33. The monoisotopic (exact) mass is 553 g/mol. The standard InChI is InChI=1S/C29H26F3N3O5/c1-18-24(26(40-35-18)21-10-6-3-7-11-21)27(37)34-23(16-19-8-4-2-5-9-19)25(36)28(38)33-17-20-12-14-22(15-13-20)39-29(30,31)32/h2-15,23,25,36H,16-17H2,1H3,(H,33,38)(H,34,37)/t23-,25?/m0/s1. The van der Waals surface area contributed by atoms with Crippen LogP contribution < -0.4 is 15.4 Å². The Kier molecular flexibility index (Phi) is 8.85. The number of aliphatic hydroxyl groups excluding tert-OH is 1. The molecule has 0 radical (unpaired) electrons. The third-order valence-corrected chi connectivity index (χ3v) is 6.01. The van der Waals surface area contributed by atoms with Crippen LogP contribution in [0.5, 0.6) is 5.75 Å².